The van der Waals surface area contributed by atoms with Crippen molar-refractivity contribution in [2.45, 2.75) is 12.8 Å². The third-order valence-corrected chi connectivity index (χ3v) is 9.37. The zero-order chi connectivity index (χ0) is 32.8. The Labute approximate surface area is 289 Å². The first kappa shape index (κ1) is 30.2. The van der Waals surface area contributed by atoms with Gasteiger partial charge in [0.2, 0.25) is 0 Å². The van der Waals surface area contributed by atoms with Crippen LogP contribution in [0, 0.1) is 0 Å². The van der Waals surface area contributed by atoms with Crippen LogP contribution in [0.3, 0.4) is 0 Å². The fraction of sp³-hybridized carbons (Fsp3) is 0.0417. The molecule has 0 atom stereocenters. The van der Waals surface area contributed by atoms with Crippen LogP contribution in [0.4, 0.5) is 17.1 Å². The van der Waals surface area contributed by atoms with Gasteiger partial charge in [-0.05, 0) is 111 Å². The Balaban J connectivity index is 1.25. The van der Waals surface area contributed by atoms with Crippen molar-refractivity contribution in [1.82, 2.24) is 0 Å². The van der Waals surface area contributed by atoms with Gasteiger partial charge in [0.15, 0.2) is 0 Å². The quantitative estimate of drug-likeness (QED) is 0.162. The molecule has 1 aliphatic rings. The summed E-state index contributed by atoms with van der Waals surface area (Å²) in [5.74, 6) is 0. The molecule has 0 saturated heterocycles. The maximum Gasteiger partial charge on any atom is 0.0468 e. The monoisotopic (exact) mass is 627 g/mol. The van der Waals surface area contributed by atoms with Crippen LogP contribution in [0.2, 0.25) is 0 Å². The molecule has 0 fully saturated rings. The van der Waals surface area contributed by atoms with Gasteiger partial charge in [0.25, 0.3) is 0 Å². The van der Waals surface area contributed by atoms with Crippen molar-refractivity contribution < 1.29 is 0 Å². The molecule has 0 heterocycles. The number of hydrogen-bond donors (Lipinski definition) is 0. The van der Waals surface area contributed by atoms with E-state index >= 15 is 0 Å². The summed E-state index contributed by atoms with van der Waals surface area (Å²) in [6.07, 6.45) is 8.83. The largest absolute Gasteiger partial charge is 0.310 e. The van der Waals surface area contributed by atoms with E-state index in [0.29, 0.717) is 0 Å². The predicted octanol–water partition coefficient (Wildman–Crippen LogP) is 13.6. The van der Waals surface area contributed by atoms with E-state index in [9.17, 15) is 0 Å². The van der Waals surface area contributed by atoms with E-state index in [4.69, 9.17) is 0 Å². The molecule has 0 amide bonds. The van der Waals surface area contributed by atoms with E-state index in [1.54, 1.807) is 0 Å². The summed E-state index contributed by atoms with van der Waals surface area (Å²) in [7, 11) is 0. The Morgan fingerprint density at radius 2 is 0.857 bits per heavy atom. The van der Waals surface area contributed by atoms with Gasteiger partial charge in [0.1, 0.15) is 0 Å². The number of benzene rings is 7. The first-order valence-corrected chi connectivity index (χ1v) is 17.1. The Hall–Kier alpha value is -6.18. The van der Waals surface area contributed by atoms with Crippen LogP contribution in [-0.4, -0.2) is 0 Å². The van der Waals surface area contributed by atoms with Gasteiger partial charge in [-0.15, -0.1) is 0 Å². The molecule has 0 N–H and O–H groups in total. The normalized spacial score (nSPS) is 12.4. The van der Waals surface area contributed by atoms with Crippen molar-refractivity contribution >= 4 is 22.6 Å². The van der Waals surface area contributed by atoms with Gasteiger partial charge in [-0.2, -0.15) is 0 Å². The average Bonchev–Trinajstić information content (AvgIpc) is 3.20. The third kappa shape index (κ3) is 6.52. The highest BCUT2D eigenvalue weighted by Crippen LogP contribution is 2.42. The Bertz CT molecular complexity index is 2230. The molecule has 49 heavy (non-hydrogen) atoms. The van der Waals surface area contributed by atoms with E-state index in [-0.39, 0.29) is 0 Å². The number of anilines is 3. The first-order chi connectivity index (χ1) is 24.3. The summed E-state index contributed by atoms with van der Waals surface area (Å²) in [4.78, 5) is 2.38. The third-order valence-electron chi connectivity index (χ3n) is 9.37. The topological polar surface area (TPSA) is 3.24 Å². The standard InChI is InChI=1S/C48H37N/c1-5-14-36(15-6-1)39-24-28-44(29-25-39)49(45-30-26-40(27-31-45)37-16-7-2-8-17-37)46-32-33-47(48(35-46)41-20-11-4-12-21-41)43-23-13-22-42(34-43)38-18-9-3-10-19-38/h1-7,9-16,18-35H,8,17H2. The number of hydrogen-bond acceptors (Lipinski definition) is 1. The van der Waals surface area contributed by atoms with Crippen LogP contribution < -0.4 is 4.90 Å². The zero-order valence-corrected chi connectivity index (χ0v) is 27.4. The van der Waals surface area contributed by atoms with E-state index in [2.05, 4.69) is 205 Å². The van der Waals surface area contributed by atoms with Crippen LogP contribution in [0.1, 0.15) is 18.4 Å². The van der Waals surface area contributed by atoms with Crippen molar-refractivity contribution in [3.8, 4) is 44.5 Å². The number of rotatable bonds is 8. The second kappa shape index (κ2) is 13.9. The summed E-state index contributed by atoms with van der Waals surface area (Å²) in [6.45, 7) is 0. The van der Waals surface area contributed by atoms with Crippen molar-refractivity contribution in [2.24, 2.45) is 0 Å². The maximum absolute atomic E-state index is 2.38. The lowest BCUT2D eigenvalue weighted by atomic mass is 9.92. The molecule has 8 rings (SSSR count). The molecular formula is C48H37N. The van der Waals surface area contributed by atoms with Crippen LogP contribution in [0.5, 0.6) is 0 Å². The molecule has 0 aromatic heterocycles. The molecule has 1 heteroatoms. The summed E-state index contributed by atoms with van der Waals surface area (Å²) in [5, 5.41) is 0. The lowest BCUT2D eigenvalue weighted by Gasteiger charge is -2.27. The maximum atomic E-state index is 2.38. The molecule has 0 aliphatic heterocycles. The SMILES string of the molecule is C1=CCCC(c2ccc(N(c3ccc(-c4ccccc4)cc3)c3ccc(-c4cccc(-c5ccccc5)c4)c(-c4ccccc4)c3)cc2)=C1. The van der Waals surface area contributed by atoms with Crippen LogP contribution in [-0.2, 0) is 0 Å². The Kier molecular flexibility index (Phi) is 8.56. The fourth-order valence-corrected chi connectivity index (χ4v) is 6.82. The average molecular weight is 628 g/mol. The molecule has 0 radical (unpaired) electrons. The summed E-state index contributed by atoms with van der Waals surface area (Å²) >= 11 is 0. The minimum absolute atomic E-state index is 1.08. The predicted molar refractivity (Wildman–Crippen MR) is 209 cm³/mol. The minimum Gasteiger partial charge on any atom is -0.310 e. The molecule has 1 nitrogen and oxygen atoms in total. The van der Waals surface area contributed by atoms with Crippen LogP contribution in [0.25, 0.3) is 50.1 Å². The fourth-order valence-electron chi connectivity index (χ4n) is 6.82. The summed E-state index contributed by atoms with van der Waals surface area (Å²) in [6, 6.07) is 65.8. The molecule has 7 aromatic rings. The molecule has 0 bridgehead atoms. The van der Waals surface area contributed by atoms with Gasteiger partial charge in [0.05, 0.1) is 0 Å². The smallest absolute Gasteiger partial charge is 0.0468 e. The number of nitrogens with zero attached hydrogens (tertiary/aromatic N) is 1. The summed E-state index contributed by atoms with van der Waals surface area (Å²) < 4.78 is 0. The lowest BCUT2D eigenvalue weighted by molar-refractivity contribution is 1.05. The van der Waals surface area contributed by atoms with E-state index < -0.39 is 0 Å². The van der Waals surface area contributed by atoms with Gasteiger partial charge < -0.3 is 4.90 Å². The van der Waals surface area contributed by atoms with Crippen molar-refractivity contribution in [1.29, 1.82) is 0 Å². The Morgan fingerprint density at radius 1 is 0.347 bits per heavy atom. The van der Waals surface area contributed by atoms with Gasteiger partial charge in [-0.1, -0.05) is 158 Å². The highest BCUT2D eigenvalue weighted by atomic mass is 15.1. The van der Waals surface area contributed by atoms with E-state index in [1.165, 1.54) is 55.6 Å². The lowest BCUT2D eigenvalue weighted by Crippen LogP contribution is -2.10. The highest BCUT2D eigenvalue weighted by molar-refractivity contribution is 5.90. The van der Waals surface area contributed by atoms with Crippen molar-refractivity contribution in [3.63, 3.8) is 0 Å². The first-order valence-electron chi connectivity index (χ1n) is 17.1. The molecule has 0 unspecified atom stereocenters. The second-order valence-corrected chi connectivity index (χ2v) is 12.5. The van der Waals surface area contributed by atoms with E-state index in [0.717, 1.165) is 29.9 Å². The van der Waals surface area contributed by atoms with Crippen LogP contribution >= 0.6 is 0 Å². The highest BCUT2D eigenvalue weighted by Gasteiger charge is 2.17. The second-order valence-electron chi connectivity index (χ2n) is 12.5. The number of allylic oxidation sites excluding steroid dienone is 4. The van der Waals surface area contributed by atoms with Gasteiger partial charge in [0, 0.05) is 17.1 Å². The summed E-state index contributed by atoms with van der Waals surface area (Å²) in [5.41, 5.74) is 15.7. The van der Waals surface area contributed by atoms with Gasteiger partial charge >= 0.3 is 0 Å². The molecule has 0 spiro atoms. The molecule has 7 aromatic carbocycles. The molecule has 234 valence electrons. The van der Waals surface area contributed by atoms with Gasteiger partial charge in [-0.3, -0.25) is 0 Å². The van der Waals surface area contributed by atoms with E-state index in [1.807, 2.05) is 0 Å². The van der Waals surface area contributed by atoms with Gasteiger partial charge in [-0.25, -0.2) is 0 Å². The van der Waals surface area contributed by atoms with Crippen LogP contribution in [0.15, 0.2) is 200 Å². The molecular weight excluding hydrogens is 591 g/mol. The molecule has 0 saturated carbocycles. The molecule has 1 aliphatic carbocycles. The Morgan fingerprint density at radius 3 is 1.47 bits per heavy atom. The van der Waals surface area contributed by atoms with Crippen molar-refractivity contribution in [2.75, 3.05) is 4.90 Å². The minimum atomic E-state index is 1.08. The zero-order valence-electron chi connectivity index (χ0n) is 27.4. The van der Waals surface area contributed by atoms with Crippen molar-refractivity contribution in [3.05, 3.63) is 206 Å².